The zero-order valence-corrected chi connectivity index (χ0v) is 19.0. The lowest BCUT2D eigenvalue weighted by Crippen LogP contribution is -2.53. The molecule has 11 nitrogen and oxygen atoms in total. The molecular formula is C21H33N5O6. The third-order valence-electron chi connectivity index (χ3n) is 4.46. The second-order valence-electron chi connectivity index (χ2n) is 8.49. The summed E-state index contributed by atoms with van der Waals surface area (Å²) in [7, 11) is 0. The number of guanidine groups is 1. The first kappa shape index (κ1) is 26.5. The standard InChI is InChI=1S/C21H33N5O6/c1-11-8-13(27)9-12(2)14(11)10-16(18(29)30)25-17(28)15(6-7-24-19(22)23)26-20(31)32-21(3,4)5/h8-9,15-16,27H,6-7,10H2,1-5H3,(H,25,28)(H,26,31)(H,29,30)(H4,22,23,24). The van der Waals surface area contributed by atoms with Gasteiger partial charge in [-0.3, -0.25) is 10.2 Å². The number of aliphatic carboxylic acids is 1. The van der Waals surface area contributed by atoms with Gasteiger partial charge < -0.3 is 36.6 Å². The van der Waals surface area contributed by atoms with Crippen LogP contribution in [0, 0.1) is 19.3 Å². The number of amides is 2. The summed E-state index contributed by atoms with van der Waals surface area (Å²) in [5.41, 5.74) is 6.53. The number of hydrogen-bond donors (Lipinski definition) is 7. The molecule has 0 bridgehead atoms. The average Bonchev–Trinajstić information content (AvgIpc) is 2.60. The van der Waals surface area contributed by atoms with Crippen LogP contribution in [0.25, 0.3) is 0 Å². The Bertz CT molecular complexity index is 842. The number of hydrogen-bond acceptors (Lipinski definition) is 6. The first-order valence-electron chi connectivity index (χ1n) is 10.1. The number of alkyl carbamates (subject to hydrolysis) is 1. The van der Waals surface area contributed by atoms with Crippen molar-refractivity contribution in [3.8, 4) is 5.75 Å². The fraction of sp³-hybridized carbons (Fsp3) is 0.524. The molecule has 0 radical (unpaired) electrons. The fourth-order valence-electron chi connectivity index (χ4n) is 3.04. The third-order valence-corrected chi connectivity index (χ3v) is 4.46. The quantitative estimate of drug-likeness (QED) is 0.213. The molecule has 178 valence electrons. The Hall–Kier alpha value is -3.50. The van der Waals surface area contributed by atoms with Crippen LogP contribution in [-0.2, 0) is 20.7 Å². The number of carboxylic acid groups (broad SMARTS) is 1. The Labute approximate surface area is 187 Å². The summed E-state index contributed by atoms with van der Waals surface area (Å²) in [5, 5.41) is 34.0. The number of rotatable bonds is 9. The number of phenolic OH excluding ortho intramolecular Hbond substituents is 1. The largest absolute Gasteiger partial charge is 0.508 e. The molecule has 0 saturated heterocycles. The highest BCUT2D eigenvalue weighted by Gasteiger charge is 2.29. The fourth-order valence-corrected chi connectivity index (χ4v) is 3.04. The van der Waals surface area contributed by atoms with Crippen molar-refractivity contribution in [3.63, 3.8) is 0 Å². The highest BCUT2D eigenvalue weighted by Crippen LogP contribution is 2.22. The van der Waals surface area contributed by atoms with Crippen molar-refractivity contribution < 1.29 is 29.3 Å². The highest BCUT2D eigenvalue weighted by molar-refractivity contribution is 5.89. The van der Waals surface area contributed by atoms with Gasteiger partial charge in [0.25, 0.3) is 0 Å². The molecule has 1 aromatic rings. The molecule has 0 aromatic heterocycles. The molecule has 2 unspecified atom stereocenters. The Morgan fingerprint density at radius 3 is 2.16 bits per heavy atom. The lowest BCUT2D eigenvalue weighted by molar-refractivity contribution is -0.142. The maximum atomic E-state index is 12.9. The lowest BCUT2D eigenvalue weighted by Gasteiger charge is -2.25. The molecule has 1 aromatic carbocycles. The number of carbonyl (C=O) groups excluding carboxylic acids is 2. The number of carboxylic acids is 1. The van der Waals surface area contributed by atoms with Crippen LogP contribution in [-0.4, -0.2) is 58.4 Å². The minimum absolute atomic E-state index is 0.0100. The molecule has 2 atom stereocenters. The van der Waals surface area contributed by atoms with Crippen molar-refractivity contribution in [1.82, 2.24) is 16.0 Å². The van der Waals surface area contributed by atoms with Crippen molar-refractivity contribution in [3.05, 3.63) is 28.8 Å². The van der Waals surface area contributed by atoms with E-state index in [0.29, 0.717) is 16.7 Å². The minimum atomic E-state index is -1.27. The Balaban J connectivity index is 3.00. The predicted molar refractivity (Wildman–Crippen MR) is 119 cm³/mol. The summed E-state index contributed by atoms with van der Waals surface area (Å²) >= 11 is 0. The highest BCUT2D eigenvalue weighted by atomic mass is 16.6. The summed E-state index contributed by atoms with van der Waals surface area (Å²) in [4.78, 5) is 36.8. The maximum Gasteiger partial charge on any atom is 0.408 e. The Kier molecular flexibility index (Phi) is 9.30. The van der Waals surface area contributed by atoms with Crippen molar-refractivity contribution >= 4 is 23.9 Å². The van der Waals surface area contributed by atoms with Crippen molar-refractivity contribution in [2.45, 2.75) is 65.1 Å². The maximum absolute atomic E-state index is 12.9. The molecule has 0 fully saturated rings. The molecule has 0 aliphatic heterocycles. The smallest absolute Gasteiger partial charge is 0.408 e. The Morgan fingerprint density at radius 1 is 1.12 bits per heavy atom. The van der Waals surface area contributed by atoms with Crippen molar-refractivity contribution in [2.24, 2.45) is 5.73 Å². The molecule has 2 amide bonds. The van der Waals surface area contributed by atoms with E-state index >= 15 is 0 Å². The van der Waals surface area contributed by atoms with Gasteiger partial charge in [0.15, 0.2) is 5.96 Å². The van der Waals surface area contributed by atoms with Gasteiger partial charge >= 0.3 is 12.1 Å². The number of ether oxygens (including phenoxy) is 1. The molecule has 0 heterocycles. The van der Waals surface area contributed by atoms with Gasteiger partial charge in [-0.15, -0.1) is 0 Å². The molecule has 0 aliphatic rings. The molecule has 1 rings (SSSR count). The first-order chi connectivity index (χ1) is 14.7. The van der Waals surface area contributed by atoms with E-state index in [2.05, 4.69) is 16.0 Å². The summed E-state index contributed by atoms with van der Waals surface area (Å²) in [6.07, 6.45) is -0.810. The molecule has 0 spiro atoms. The summed E-state index contributed by atoms with van der Waals surface area (Å²) in [6.45, 7) is 8.58. The van der Waals surface area contributed by atoms with Crippen LogP contribution in [0.1, 0.15) is 43.9 Å². The van der Waals surface area contributed by atoms with Crippen LogP contribution in [0.5, 0.6) is 5.75 Å². The molecule has 8 N–H and O–H groups in total. The number of nitrogens with one attached hydrogen (secondary N) is 4. The topological polar surface area (TPSA) is 187 Å². The summed E-state index contributed by atoms with van der Waals surface area (Å²) < 4.78 is 5.18. The average molecular weight is 452 g/mol. The minimum Gasteiger partial charge on any atom is -0.508 e. The van der Waals surface area contributed by atoms with E-state index in [0.717, 1.165) is 0 Å². The van der Waals surface area contributed by atoms with E-state index in [9.17, 15) is 24.6 Å². The van der Waals surface area contributed by atoms with Crippen molar-refractivity contribution in [2.75, 3.05) is 6.54 Å². The number of carbonyl (C=O) groups is 3. The van der Waals surface area contributed by atoms with Crippen LogP contribution in [0.3, 0.4) is 0 Å². The van der Waals surface area contributed by atoms with Crippen LogP contribution < -0.4 is 21.7 Å². The van der Waals surface area contributed by atoms with Crippen LogP contribution >= 0.6 is 0 Å². The zero-order chi connectivity index (χ0) is 24.6. The van der Waals surface area contributed by atoms with Gasteiger partial charge in [-0.1, -0.05) is 0 Å². The zero-order valence-electron chi connectivity index (χ0n) is 19.0. The van der Waals surface area contributed by atoms with E-state index in [1.54, 1.807) is 34.6 Å². The van der Waals surface area contributed by atoms with Gasteiger partial charge in [-0.25, -0.2) is 9.59 Å². The van der Waals surface area contributed by atoms with Crippen LogP contribution in [0.4, 0.5) is 4.79 Å². The Morgan fingerprint density at radius 2 is 1.69 bits per heavy atom. The summed E-state index contributed by atoms with van der Waals surface area (Å²) in [5.74, 6) is -2.20. The lowest BCUT2D eigenvalue weighted by atomic mass is 9.95. The van der Waals surface area contributed by atoms with Gasteiger partial charge in [0.1, 0.15) is 23.4 Å². The predicted octanol–water partition coefficient (Wildman–Crippen LogP) is 0.887. The second-order valence-corrected chi connectivity index (χ2v) is 8.49. The third kappa shape index (κ3) is 9.11. The van der Waals surface area contributed by atoms with Gasteiger partial charge in [0, 0.05) is 13.0 Å². The summed E-state index contributed by atoms with van der Waals surface area (Å²) in [6, 6.07) is 0.640. The SMILES string of the molecule is Cc1cc(O)cc(C)c1CC(NC(=O)C(CCNC(=N)N)NC(=O)OC(C)(C)C)C(=O)O. The normalized spacial score (nSPS) is 12.9. The number of benzene rings is 1. The molecule has 32 heavy (non-hydrogen) atoms. The van der Waals surface area contributed by atoms with E-state index in [-0.39, 0.29) is 31.1 Å². The number of phenols is 1. The molecular weight excluding hydrogens is 418 g/mol. The van der Waals surface area contributed by atoms with Gasteiger partial charge in [-0.2, -0.15) is 0 Å². The van der Waals surface area contributed by atoms with Gasteiger partial charge in [-0.05, 0) is 69.9 Å². The van der Waals surface area contributed by atoms with Crippen molar-refractivity contribution in [1.29, 1.82) is 5.41 Å². The first-order valence-corrected chi connectivity index (χ1v) is 10.1. The van der Waals surface area contributed by atoms with Crippen LogP contribution in [0.2, 0.25) is 0 Å². The number of aryl methyl sites for hydroxylation is 2. The second kappa shape index (κ2) is 11.2. The van der Waals surface area contributed by atoms with E-state index in [1.165, 1.54) is 12.1 Å². The van der Waals surface area contributed by atoms with E-state index in [4.69, 9.17) is 15.9 Å². The number of nitrogens with two attached hydrogens (primary N) is 1. The van der Waals surface area contributed by atoms with Gasteiger partial charge in [0.05, 0.1) is 0 Å². The van der Waals surface area contributed by atoms with Crippen LogP contribution in [0.15, 0.2) is 12.1 Å². The molecule has 11 heteroatoms. The molecule has 0 saturated carbocycles. The van der Waals surface area contributed by atoms with Gasteiger partial charge in [0.2, 0.25) is 5.91 Å². The number of aromatic hydroxyl groups is 1. The van der Waals surface area contributed by atoms with E-state index in [1.807, 2.05) is 0 Å². The van der Waals surface area contributed by atoms with E-state index < -0.39 is 35.7 Å². The monoisotopic (exact) mass is 451 g/mol. The molecule has 0 aliphatic carbocycles.